The Kier molecular flexibility index (Phi) is 4.64. The summed E-state index contributed by atoms with van der Waals surface area (Å²) >= 11 is 1.58. The number of halogens is 1. The summed E-state index contributed by atoms with van der Waals surface area (Å²) < 4.78 is 15.9. The Balaban J connectivity index is 1.32. The second-order valence-electron chi connectivity index (χ2n) is 8.66. The van der Waals surface area contributed by atoms with Gasteiger partial charge < -0.3 is 10.3 Å². The highest BCUT2D eigenvalue weighted by molar-refractivity contribution is 7.08. The Hall–Kier alpha value is -4.51. The molecular formula is C25H17FN8OS. The molecule has 0 unspecified atom stereocenters. The highest BCUT2D eigenvalue weighted by Crippen LogP contribution is 2.35. The maximum Gasteiger partial charge on any atom is 0.227 e. The summed E-state index contributed by atoms with van der Waals surface area (Å²) in [4.78, 5) is 33.1. The highest BCUT2D eigenvalue weighted by atomic mass is 32.1. The van der Waals surface area contributed by atoms with Crippen LogP contribution in [0.1, 0.15) is 12.8 Å². The number of hydrogen-bond acceptors (Lipinski definition) is 7. The molecule has 6 heterocycles. The van der Waals surface area contributed by atoms with E-state index >= 15 is 4.39 Å². The molecule has 0 spiro atoms. The molecule has 9 nitrogen and oxygen atoms in total. The number of anilines is 1. The lowest BCUT2D eigenvalue weighted by Gasteiger charge is -2.07. The third kappa shape index (κ3) is 3.43. The molecule has 1 aliphatic carbocycles. The molecule has 1 fully saturated rings. The van der Waals surface area contributed by atoms with E-state index in [1.165, 1.54) is 18.6 Å². The molecular weight excluding hydrogens is 479 g/mol. The first-order chi connectivity index (χ1) is 17.7. The molecule has 0 atom stereocenters. The Morgan fingerprint density at radius 1 is 1.06 bits per heavy atom. The van der Waals surface area contributed by atoms with Crippen molar-refractivity contribution in [2.24, 2.45) is 5.92 Å². The van der Waals surface area contributed by atoms with Crippen molar-refractivity contribution >= 4 is 44.9 Å². The molecule has 36 heavy (non-hydrogen) atoms. The average molecular weight is 497 g/mol. The topological polar surface area (TPSA) is 125 Å². The van der Waals surface area contributed by atoms with Gasteiger partial charge in [-0.1, -0.05) is 0 Å². The number of nitrogens with one attached hydrogen (secondary N) is 3. The van der Waals surface area contributed by atoms with Crippen molar-refractivity contribution < 1.29 is 9.18 Å². The molecule has 0 radical (unpaired) electrons. The number of carbonyl (C=O) groups is 1. The summed E-state index contributed by atoms with van der Waals surface area (Å²) in [6.07, 6.45) is 8.08. The van der Waals surface area contributed by atoms with Crippen LogP contribution < -0.4 is 5.32 Å². The minimum Gasteiger partial charge on any atom is -0.336 e. The zero-order valence-corrected chi connectivity index (χ0v) is 19.4. The van der Waals surface area contributed by atoms with Gasteiger partial charge >= 0.3 is 0 Å². The van der Waals surface area contributed by atoms with Crippen molar-refractivity contribution in [1.82, 2.24) is 35.1 Å². The van der Waals surface area contributed by atoms with E-state index in [0.29, 0.717) is 33.8 Å². The minimum absolute atomic E-state index is 0.0452. The maximum absolute atomic E-state index is 15.9. The van der Waals surface area contributed by atoms with E-state index in [2.05, 4.69) is 35.5 Å². The highest BCUT2D eigenvalue weighted by Gasteiger charge is 2.29. The monoisotopic (exact) mass is 496 g/mol. The molecule has 11 heteroatoms. The van der Waals surface area contributed by atoms with E-state index < -0.39 is 5.82 Å². The van der Waals surface area contributed by atoms with E-state index in [1.807, 2.05) is 22.9 Å². The van der Waals surface area contributed by atoms with Crippen molar-refractivity contribution in [2.45, 2.75) is 12.8 Å². The van der Waals surface area contributed by atoms with Crippen LogP contribution in [0, 0.1) is 11.7 Å². The predicted molar refractivity (Wildman–Crippen MR) is 135 cm³/mol. The van der Waals surface area contributed by atoms with E-state index in [1.54, 1.807) is 23.6 Å². The van der Waals surface area contributed by atoms with E-state index in [0.717, 1.165) is 29.6 Å². The number of amides is 1. The molecule has 0 aliphatic heterocycles. The number of pyridine rings is 3. The first-order valence-electron chi connectivity index (χ1n) is 11.3. The second-order valence-corrected chi connectivity index (χ2v) is 9.44. The summed E-state index contributed by atoms with van der Waals surface area (Å²) in [5.41, 5.74) is 5.00. The lowest BCUT2D eigenvalue weighted by Crippen LogP contribution is -2.13. The van der Waals surface area contributed by atoms with Gasteiger partial charge in [-0.3, -0.25) is 24.8 Å². The third-order valence-electron chi connectivity index (χ3n) is 6.19. The van der Waals surface area contributed by atoms with Crippen LogP contribution in [-0.2, 0) is 4.79 Å². The van der Waals surface area contributed by atoms with Gasteiger partial charge in [-0.05, 0) is 36.4 Å². The molecule has 3 N–H and O–H groups in total. The summed E-state index contributed by atoms with van der Waals surface area (Å²) in [6.45, 7) is 0. The number of imidazole rings is 1. The molecule has 1 amide bonds. The van der Waals surface area contributed by atoms with Gasteiger partial charge in [0, 0.05) is 34.8 Å². The summed E-state index contributed by atoms with van der Waals surface area (Å²) in [5, 5.41) is 14.3. The fourth-order valence-corrected chi connectivity index (χ4v) is 4.87. The molecule has 1 saturated carbocycles. The van der Waals surface area contributed by atoms with Crippen molar-refractivity contribution in [1.29, 1.82) is 0 Å². The van der Waals surface area contributed by atoms with Crippen LogP contribution in [0.4, 0.5) is 10.1 Å². The molecule has 0 bridgehead atoms. The SMILES string of the molecule is O=C(Nc1cncc(-c2ncc3[nH]nc(-c4nc5c(-c6ccsc6)nccc5[nH]4)c3c2F)c1)C1CC1. The number of carbonyl (C=O) groups excluding carboxylic acids is 1. The van der Waals surface area contributed by atoms with Crippen molar-refractivity contribution in [3.63, 3.8) is 0 Å². The summed E-state index contributed by atoms with van der Waals surface area (Å²) in [5.74, 6) is -0.135. The number of nitrogens with zero attached hydrogens (tertiary/aromatic N) is 5. The van der Waals surface area contributed by atoms with Crippen molar-refractivity contribution in [3.05, 3.63) is 59.6 Å². The number of fused-ring (bicyclic) bond motifs is 2. The number of hydrogen-bond donors (Lipinski definition) is 3. The van der Waals surface area contributed by atoms with Crippen LogP contribution in [0.2, 0.25) is 0 Å². The van der Waals surface area contributed by atoms with Crippen molar-refractivity contribution in [3.8, 4) is 34.0 Å². The molecule has 1 aliphatic rings. The van der Waals surface area contributed by atoms with Gasteiger partial charge in [0.05, 0.1) is 40.2 Å². The van der Waals surface area contributed by atoms with E-state index in [-0.39, 0.29) is 22.9 Å². The molecule has 6 aromatic rings. The van der Waals surface area contributed by atoms with Gasteiger partial charge in [0.15, 0.2) is 11.6 Å². The quantitative estimate of drug-likeness (QED) is 0.302. The van der Waals surface area contributed by atoms with E-state index in [4.69, 9.17) is 4.98 Å². The van der Waals surface area contributed by atoms with Gasteiger partial charge in [0.1, 0.15) is 16.9 Å². The standard InChI is InChI=1S/C25H17FN8OS/c26-19-18-17(10-29-20(19)14-7-15(9-27-8-14)30-25(35)12-1-2-12)33-34-23(18)24-31-16-3-5-28-21(22(16)32-24)13-4-6-36-11-13/h3-12H,1-2H2,(H,30,35)(H,31,32)(H,33,34). The number of rotatable bonds is 5. The number of H-pyrrole nitrogens is 2. The fraction of sp³-hybridized carbons (Fsp3) is 0.120. The molecule has 7 rings (SSSR count). The lowest BCUT2D eigenvalue weighted by molar-refractivity contribution is -0.117. The van der Waals surface area contributed by atoms with Crippen LogP contribution >= 0.6 is 11.3 Å². The fourth-order valence-electron chi connectivity index (χ4n) is 4.23. The Bertz CT molecular complexity index is 1770. The van der Waals surface area contributed by atoms with Gasteiger partial charge in [-0.15, -0.1) is 0 Å². The minimum atomic E-state index is -0.555. The van der Waals surface area contributed by atoms with Crippen LogP contribution in [0.5, 0.6) is 0 Å². The second kappa shape index (κ2) is 8.02. The largest absolute Gasteiger partial charge is 0.336 e. The van der Waals surface area contributed by atoms with Crippen LogP contribution in [0.25, 0.3) is 56.0 Å². The Labute approximate surface area is 206 Å². The molecule has 0 aromatic carbocycles. The summed E-state index contributed by atoms with van der Waals surface area (Å²) in [6, 6.07) is 5.48. The number of aromatic amines is 2. The zero-order valence-electron chi connectivity index (χ0n) is 18.6. The maximum atomic E-state index is 15.9. The number of aromatic nitrogens is 7. The smallest absolute Gasteiger partial charge is 0.227 e. The molecule has 0 saturated heterocycles. The first-order valence-corrected chi connectivity index (χ1v) is 12.3. The first kappa shape index (κ1) is 20.8. The van der Waals surface area contributed by atoms with E-state index in [9.17, 15) is 4.79 Å². The third-order valence-corrected chi connectivity index (χ3v) is 6.87. The molecule has 176 valence electrons. The van der Waals surface area contributed by atoms with Gasteiger partial charge in [0.2, 0.25) is 5.91 Å². The van der Waals surface area contributed by atoms with Gasteiger partial charge in [-0.25, -0.2) is 9.37 Å². The van der Waals surface area contributed by atoms with Crippen molar-refractivity contribution in [2.75, 3.05) is 5.32 Å². The Morgan fingerprint density at radius 3 is 2.81 bits per heavy atom. The van der Waals surface area contributed by atoms with Crippen LogP contribution in [-0.4, -0.2) is 41.0 Å². The zero-order chi connectivity index (χ0) is 24.2. The summed E-state index contributed by atoms with van der Waals surface area (Å²) in [7, 11) is 0. The molecule has 6 aromatic heterocycles. The van der Waals surface area contributed by atoms with Crippen LogP contribution in [0.3, 0.4) is 0 Å². The normalized spacial score (nSPS) is 13.5. The average Bonchev–Trinajstić information content (AvgIpc) is 3.27. The van der Waals surface area contributed by atoms with Gasteiger partial charge in [0.25, 0.3) is 0 Å². The Morgan fingerprint density at radius 2 is 1.97 bits per heavy atom. The lowest BCUT2D eigenvalue weighted by atomic mass is 10.1. The predicted octanol–water partition coefficient (Wildman–Crippen LogP) is 5.17. The number of thiophene rings is 1. The van der Waals surface area contributed by atoms with Crippen LogP contribution in [0.15, 0.2) is 53.7 Å². The van der Waals surface area contributed by atoms with Gasteiger partial charge in [-0.2, -0.15) is 16.4 Å².